The van der Waals surface area contributed by atoms with Crippen LogP contribution in [0.15, 0.2) is 54.6 Å². The minimum Gasteiger partial charge on any atom is -0.497 e. The van der Waals surface area contributed by atoms with Crippen molar-refractivity contribution >= 4 is 11.5 Å². The third kappa shape index (κ3) is 5.96. The molecular formula is C22H26O4. The van der Waals surface area contributed by atoms with Gasteiger partial charge in [0, 0.05) is 6.08 Å². The first kappa shape index (κ1) is 19.6. The molecule has 4 heteroatoms. The van der Waals surface area contributed by atoms with E-state index in [1.807, 2.05) is 48.5 Å². The molecule has 0 N–H and O–H groups in total. The van der Waals surface area contributed by atoms with Crippen LogP contribution in [0.25, 0.3) is 5.57 Å². The van der Waals surface area contributed by atoms with Crippen LogP contribution in [0.2, 0.25) is 0 Å². The average molecular weight is 354 g/mol. The van der Waals surface area contributed by atoms with Gasteiger partial charge in [-0.3, -0.25) is 0 Å². The Bertz CT molecular complexity index is 732. The van der Waals surface area contributed by atoms with Crippen molar-refractivity contribution in [3.8, 4) is 17.2 Å². The highest BCUT2D eigenvalue weighted by Gasteiger charge is 2.08. The van der Waals surface area contributed by atoms with Gasteiger partial charge in [-0.05, 0) is 67.3 Å². The van der Waals surface area contributed by atoms with Crippen LogP contribution in [0.4, 0.5) is 0 Å². The molecule has 0 radical (unpaired) electrons. The third-order valence-corrected chi connectivity index (χ3v) is 3.88. The molecule has 0 atom stereocenters. The lowest BCUT2D eigenvalue weighted by Gasteiger charge is -2.11. The van der Waals surface area contributed by atoms with E-state index in [4.69, 9.17) is 14.2 Å². The number of allylic oxidation sites excluding steroid dienone is 1. The van der Waals surface area contributed by atoms with Crippen LogP contribution in [0.1, 0.15) is 38.7 Å². The zero-order valence-corrected chi connectivity index (χ0v) is 15.7. The fourth-order valence-electron chi connectivity index (χ4n) is 2.53. The Kier molecular flexibility index (Phi) is 7.75. The Balaban J connectivity index is 2.21. The molecule has 0 saturated heterocycles. The summed E-state index contributed by atoms with van der Waals surface area (Å²) in [5.41, 5.74) is 1.93. The highest BCUT2D eigenvalue weighted by Crippen LogP contribution is 2.28. The summed E-state index contributed by atoms with van der Waals surface area (Å²) in [6.45, 7) is 4.31. The fraction of sp³-hybridized carbons (Fsp3) is 0.318. The number of ether oxygens (including phenoxy) is 3. The quantitative estimate of drug-likeness (QED) is 0.433. The van der Waals surface area contributed by atoms with Gasteiger partial charge in [-0.2, -0.15) is 0 Å². The lowest BCUT2D eigenvalue weighted by atomic mass is 9.99. The molecular weight excluding hydrogens is 328 g/mol. The van der Waals surface area contributed by atoms with Crippen molar-refractivity contribution in [2.24, 2.45) is 0 Å². The van der Waals surface area contributed by atoms with Crippen molar-refractivity contribution in [2.45, 2.75) is 33.1 Å². The number of methoxy groups -OCH3 is 1. The molecule has 0 bridgehead atoms. The highest BCUT2D eigenvalue weighted by atomic mass is 16.5. The molecule has 4 nitrogen and oxygen atoms in total. The van der Waals surface area contributed by atoms with Crippen LogP contribution in [-0.4, -0.2) is 19.7 Å². The molecule has 0 amide bonds. The summed E-state index contributed by atoms with van der Waals surface area (Å²) in [6, 6.07) is 15.2. The van der Waals surface area contributed by atoms with Crippen molar-refractivity contribution in [1.82, 2.24) is 0 Å². The molecule has 2 rings (SSSR count). The summed E-state index contributed by atoms with van der Waals surface area (Å²) in [5.74, 6) is 1.93. The standard InChI is InChI=1S/C22H26O4/c1-4-6-8-18(16-22(23)25-5-2)17-9-7-10-21(15-17)26-20-13-11-19(24-3)12-14-20/h7,9-16H,4-6,8H2,1-3H3/b18-16+. The maximum absolute atomic E-state index is 11.9. The van der Waals surface area contributed by atoms with Gasteiger partial charge in [-0.15, -0.1) is 0 Å². The van der Waals surface area contributed by atoms with Gasteiger partial charge in [0.05, 0.1) is 13.7 Å². The zero-order chi connectivity index (χ0) is 18.8. The van der Waals surface area contributed by atoms with Gasteiger partial charge in [0.1, 0.15) is 17.2 Å². The van der Waals surface area contributed by atoms with Crippen molar-refractivity contribution < 1.29 is 19.0 Å². The Morgan fingerprint density at radius 3 is 2.38 bits per heavy atom. The summed E-state index contributed by atoms with van der Waals surface area (Å²) >= 11 is 0. The molecule has 138 valence electrons. The van der Waals surface area contributed by atoms with Crippen LogP contribution in [-0.2, 0) is 9.53 Å². The van der Waals surface area contributed by atoms with E-state index >= 15 is 0 Å². The van der Waals surface area contributed by atoms with E-state index in [2.05, 4.69) is 6.92 Å². The molecule has 0 aromatic heterocycles. The van der Waals surface area contributed by atoms with E-state index in [0.29, 0.717) is 6.61 Å². The largest absolute Gasteiger partial charge is 0.497 e. The van der Waals surface area contributed by atoms with Crippen molar-refractivity contribution in [1.29, 1.82) is 0 Å². The van der Waals surface area contributed by atoms with Gasteiger partial charge in [-0.1, -0.05) is 25.5 Å². The van der Waals surface area contributed by atoms with Gasteiger partial charge < -0.3 is 14.2 Å². The minimum atomic E-state index is -0.305. The van der Waals surface area contributed by atoms with E-state index in [0.717, 1.165) is 47.6 Å². The van der Waals surface area contributed by atoms with E-state index in [9.17, 15) is 4.79 Å². The second-order valence-electron chi connectivity index (χ2n) is 5.83. The first-order valence-electron chi connectivity index (χ1n) is 8.96. The normalized spacial score (nSPS) is 11.1. The average Bonchev–Trinajstić information content (AvgIpc) is 2.66. The van der Waals surface area contributed by atoms with Crippen LogP contribution in [0, 0.1) is 0 Å². The fourth-order valence-corrected chi connectivity index (χ4v) is 2.53. The molecule has 2 aromatic carbocycles. The smallest absolute Gasteiger partial charge is 0.331 e. The van der Waals surface area contributed by atoms with E-state index < -0.39 is 0 Å². The predicted octanol–water partition coefficient (Wildman–Crippen LogP) is 5.62. The van der Waals surface area contributed by atoms with Gasteiger partial charge in [0.2, 0.25) is 0 Å². The number of esters is 1. The molecule has 0 fully saturated rings. The predicted molar refractivity (Wildman–Crippen MR) is 104 cm³/mol. The highest BCUT2D eigenvalue weighted by molar-refractivity contribution is 5.91. The summed E-state index contributed by atoms with van der Waals surface area (Å²) in [7, 11) is 1.63. The third-order valence-electron chi connectivity index (χ3n) is 3.88. The summed E-state index contributed by atoms with van der Waals surface area (Å²) < 4.78 is 16.1. The number of rotatable bonds is 9. The summed E-state index contributed by atoms with van der Waals surface area (Å²) in [6.07, 6.45) is 4.48. The molecule has 0 aliphatic heterocycles. The number of carbonyl (C=O) groups is 1. The number of unbranched alkanes of at least 4 members (excludes halogenated alkanes) is 1. The van der Waals surface area contributed by atoms with Gasteiger partial charge >= 0.3 is 5.97 Å². The Morgan fingerprint density at radius 2 is 1.73 bits per heavy atom. The van der Waals surface area contributed by atoms with Crippen molar-refractivity contribution in [3.63, 3.8) is 0 Å². The maximum atomic E-state index is 11.9. The number of carbonyl (C=O) groups excluding carboxylic acids is 1. The Morgan fingerprint density at radius 1 is 1.00 bits per heavy atom. The van der Waals surface area contributed by atoms with E-state index in [1.54, 1.807) is 20.1 Å². The van der Waals surface area contributed by atoms with Crippen LogP contribution in [0.5, 0.6) is 17.2 Å². The van der Waals surface area contributed by atoms with Crippen LogP contribution in [0.3, 0.4) is 0 Å². The summed E-state index contributed by atoms with van der Waals surface area (Å²) in [5, 5.41) is 0. The molecule has 0 unspecified atom stereocenters. The van der Waals surface area contributed by atoms with Crippen molar-refractivity contribution in [2.75, 3.05) is 13.7 Å². The van der Waals surface area contributed by atoms with Gasteiger partial charge in [-0.25, -0.2) is 4.79 Å². The molecule has 0 saturated carbocycles. The minimum absolute atomic E-state index is 0.305. The lowest BCUT2D eigenvalue weighted by molar-refractivity contribution is -0.137. The lowest BCUT2D eigenvalue weighted by Crippen LogP contribution is -2.01. The molecule has 0 aliphatic rings. The maximum Gasteiger partial charge on any atom is 0.331 e. The second kappa shape index (κ2) is 10.3. The first-order valence-corrected chi connectivity index (χ1v) is 8.96. The number of benzene rings is 2. The molecule has 26 heavy (non-hydrogen) atoms. The van der Waals surface area contributed by atoms with Crippen LogP contribution < -0.4 is 9.47 Å². The second-order valence-corrected chi connectivity index (χ2v) is 5.83. The SMILES string of the molecule is CCCC/C(=C\C(=O)OCC)c1cccc(Oc2ccc(OC)cc2)c1. The molecule has 0 spiro atoms. The number of hydrogen-bond donors (Lipinski definition) is 0. The van der Waals surface area contributed by atoms with E-state index in [1.165, 1.54) is 0 Å². The Labute approximate surface area is 155 Å². The topological polar surface area (TPSA) is 44.8 Å². The zero-order valence-electron chi connectivity index (χ0n) is 15.7. The number of hydrogen-bond acceptors (Lipinski definition) is 4. The molecule has 0 heterocycles. The summed E-state index contributed by atoms with van der Waals surface area (Å²) in [4.78, 5) is 11.9. The molecule has 2 aromatic rings. The Hall–Kier alpha value is -2.75. The van der Waals surface area contributed by atoms with E-state index in [-0.39, 0.29) is 5.97 Å². The van der Waals surface area contributed by atoms with Crippen molar-refractivity contribution in [3.05, 3.63) is 60.2 Å². The molecule has 0 aliphatic carbocycles. The van der Waals surface area contributed by atoms with Gasteiger partial charge in [0.25, 0.3) is 0 Å². The van der Waals surface area contributed by atoms with Gasteiger partial charge in [0.15, 0.2) is 0 Å². The van der Waals surface area contributed by atoms with Crippen LogP contribution >= 0.6 is 0 Å². The first-order chi connectivity index (χ1) is 12.7. The monoisotopic (exact) mass is 354 g/mol.